The fourth-order valence-electron chi connectivity index (χ4n) is 1.94. The second-order valence-corrected chi connectivity index (χ2v) is 6.87. The summed E-state index contributed by atoms with van der Waals surface area (Å²) in [7, 11) is 0. The van der Waals surface area contributed by atoms with E-state index in [0.717, 1.165) is 21.1 Å². The first-order valence-electron chi connectivity index (χ1n) is 6.71. The highest BCUT2D eigenvalue weighted by Gasteiger charge is 2.11. The molecule has 0 aliphatic rings. The van der Waals surface area contributed by atoms with Crippen molar-refractivity contribution in [1.82, 2.24) is 14.6 Å². The average molecular weight is 367 g/mol. The Bertz CT molecular complexity index is 929. The lowest BCUT2D eigenvalue weighted by molar-refractivity contribution is -0.111. The molecule has 1 aromatic carbocycles. The maximum absolute atomic E-state index is 11.9. The summed E-state index contributed by atoms with van der Waals surface area (Å²) in [6, 6.07) is 5.14. The van der Waals surface area contributed by atoms with Crippen LogP contribution in [0, 0.1) is 13.8 Å². The monoisotopic (exact) mass is 366 g/mol. The van der Waals surface area contributed by atoms with E-state index in [9.17, 15) is 4.79 Å². The Kier molecular flexibility index (Phi) is 4.39. The third-order valence-electron chi connectivity index (χ3n) is 3.25. The van der Waals surface area contributed by atoms with Crippen LogP contribution < -0.4 is 5.32 Å². The van der Waals surface area contributed by atoms with Gasteiger partial charge in [0.2, 0.25) is 4.96 Å². The number of amides is 1. The summed E-state index contributed by atoms with van der Waals surface area (Å²) in [4.78, 5) is 18.1. The first kappa shape index (κ1) is 16.0. The van der Waals surface area contributed by atoms with Crippen LogP contribution in [0.2, 0.25) is 10.0 Å². The van der Waals surface area contributed by atoms with Crippen molar-refractivity contribution in [3.8, 4) is 0 Å². The third kappa shape index (κ3) is 3.39. The van der Waals surface area contributed by atoms with Crippen molar-refractivity contribution in [2.45, 2.75) is 13.8 Å². The van der Waals surface area contributed by atoms with Crippen LogP contribution in [0.3, 0.4) is 0 Å². The number of aryl methyl sites for hydroxylation is 2. The molecule has 0 saturated carbocycles. The average Bonchev–Trinajstić information content (AvgIpc) is 3.00. The summed E-state index contributed by atoms with van der Waals surface area (Å²) in [5.41, 5.74) is 1.80. The van der Waals surface area contributed by atoms with Crippen molar-refractivity contribution >= 4 is 57.4 Å². The number of rotatable bonds is 3. The highest BCUT2D eigenvalue weighted by molar-refractivity contribution is 7.17. The van der Waals surface area contributed by atoms with Gasteiger partial charge in [-0.1, -0.05) is 40.6 Å². The van der Waals surface area contributed by atoms with Gasteiger partial charge in [-0.2, -0.15) is 4.98 Å². The van der Waals surface area contributed by atoms with Crippen molar-refractivity contribution in [2.24, 2.45) is 0 Å². The Labute approximate surface area is 146 Å². The molecular weight excluding hydrogens is 355 g/mol. The number of hydrogen-bond acceptors (Lipinski definition) is 4. The smallest absolute Gasteiger partial charge is 0.250 e. The maximum atomic E-state index is 11.9. The number of carbonyl (C=O) groups is 1. The second-order valence-electron chi connectivity index (χ2n) is 4.87. The van der Waals surface area contributed by atoms with Gasteiger partial charge in [-0.3, -0.25) is 10.1 Å². The summed E-state index contributed by atoms with van der Waals surface area (Å²) < 4.78 is 1.72. The van der Waals surface area contributed by atoms with E-state index in [-0.39, 0.29) is 11.9 Å². The summed E-state index contributed by atoms with van der Waals surface area (Å²) in [5.74, 6) is -0.0353. The molecule has 0 unspecified atom stereocenters. The van der Waals surface area contributed by atoms with E-state index in [1.54, 1.807) is 28.8 Å². The summed E-state index contributed by atoms with van der Waals surface area (Å²) in [6.45, 7) is 3.97. The van der Waals surface area contributed by atoms with Gasteiger partial charge < -0.3 is 0 Å². The number of carbonyl (C=O) groups excluding carboxylic acids is 1. The zero-order valence-corrected chi connectivity index (χ0v) is 14.6. The fraction of sp³-hybridized carbons (Fsp3) is 0.133. The number of aromatic nitrogens is 3. The van der Waals surface area contributed by atoms with Gasteiger partial charge in [-0.15, -0.1) is 5.10 Å². The van der Waals surface area contributed by atoms with E-state index in [4.69, 9.17) is 23.2 Å². The molecule has 23 heavy (non-hydrogen) atoms. The Balaban J connectivity index is 1.72. The van der Waals surface area contributed by atoms with Gasteiger partial charge >= 0.3 is 0 Å². The number of nitrogens with one attached hydrogen (secondary N) is 1. The van der Waals surface area contributed by atoms with Crippen LogP contribution in [0.15, 0.2) is 24.3 Å². The molecule has 0 fully saturated rings. The molecule has 3 aromatic rings. The zero-order chi connectivity index (χ0) is 16.6. The predicted octanol–water partition coefficient (Wildman–Crippen LogP) is 4.37. The first-order chi connectivity index (χ1) is 10.9. The first-order valence-corrected chi connectivity index (χ1v) is 8.28. The molecule has 3 rings (SSSR count). The van der Waals surface area contributed by atoms with Crippen molar-refractivity contribution < 1.29 is 4.79 Å². The number of benzene rings is 1. The standard InChI is InChI=1S/C15H12Cl2N4OS/c1-8-9(2)23-15-19-14(20-21(8)15)18-13(22)6-4-10-3-5-11(16)12(17)7-10/h3-7H,1-2H3,(H,18,20,22)/b6-4+. The van der Waals surface area contributed by atoms with Gasteiger partial charge in [0.05, 0.1) is 15.7 Å². The van der Waals surface area contributed by atoms with E-state index >= 15 is 0 Å². The molecule has 0 radical (unpaired) electrons. The van der Waals surface area contributed by atoms with E-state index in [1.165, 1.54) is 17.4 Å². The molecule has 2 heterocycles. The van der Waals surface area contributed by atoms with Crippen LogP contribution in [0.1, 0.15) is 16.1 Å². The molecule has 0 aliphatic heterocycles. The van der Waals surface area contributed by atoms with E-state index in [1.807, 2.05) is 13.8 Å². The lowest BCUT2D eigenvalue weighted by Gasteiger charge is -1.98. The van der Waals surface area contributed by atoms with Crippen molar-refractivity contribution in [2.75, 3.05) is 5.32 Å². The van der Waals surface area contributed by atoms with Gasteiger partial charge in [0.15, 0.2) is 0 Å². The van der Waals surface area contributed by atoms with Gasteiger partial charge in [-0.05, 0) is 37.6 Å². The van der Waals surface area contributed by atoms with Crippen LogP contribution in [-0.2, 0) is 4.79 Å². The number of thiazole rings is 1. The molecule has 0 saturated heterocycles. The summed E-state index contributed by atoms with van der Waals surface area (Å²) >= 11 is 13.3. The molecule has 5 nitrogen and oxygen atoms in total. The van der Waals surface area contributed by atoms with Crippen molar-refractivity contribution in [1.29, 1.82) is 0 Å². The van der Waals surface area contributed by atoms with Crippen LogP contribution in [-0.4, -0.2) is 20.5 Å². The fourth-order valence-corrected chi connectivity index (χ4v) is 3.15. The Hall–Kier alpha value is -1.89. The lowest BCUT2D eigenvalue weighted by Crippen LogP contribution is -2.09. The van der Waals surface area contributed by atoms with E-state index < -0.39 is 0 Å². The van der Waals surface area contributed by atoms with Crippen LogP contribution >= 0.6 is 34.5 Å². The number of halogens is 2. The third-order valence-corrected chi connectivity index (χ3v) is 5.04. The largest absolute Gasteiger partial charge is 0.290 e. The molecular formula is C15H12Cl2N4OS. The minimum atomic E-state index is -0.316. The minimum absolute atomic E-state index is 0.281. The minimum Gasteiger partial charge on any atom is -0.290 e. The maximum Gasteiger partial charge on any atom is 0.250 e. The zero-order valence-electron chi connectivity index (χ0n) is 12.3. The summed E-state index contributed by atoms with van der Waals surface area (Å²) in [6.07, 6.45) is 3.04. The van der Waals surface area contributed by atoms with E-state index in [2.05, 4.69) is 15.4 Å². The number of hydrogen-bond donors (Lipinski definition) is 1. The Morgan fingerprint density at radius 3 is 2.78 bits per heavy atom. The quantitative estimate of drug-likeness (QED) is 0.700. The van der Waals surface area contributed by atoms with Crippen LogP contribution in [0.5, 0.6) is 0 Å². The number of anilines is 1. The number of nitrogens with zero attached hydrogens (tertiary/aromatic N) is 3. The summed E-state index contributed by atoms with van der Waals surface area (Å²) in [5, 5.41) is 7.82. The van der Waals surface area contributed by atoms with Crippen LogP contribution in [0.4, 0.5) is 5.95 Å². The van der Waals surface area contributed by atoms with Gasteiger partial charge in [0, 0.05) is 11.0 Å². The SMILES string of the molecule is Cc1sc2nc(NC(=O)/C=C/c3ccc(Cl)c(Cl)c3)nn2c1C. The van der Waals surface area contributed by atoms with Gasteiger partial charge in [0.25, 0.3) is 11.9 Å². The normalized spacial score (nSPS) is 11.5. The van der Waals surface area contributed by atoms with E-state index in [0.29, 0.717) is 10.0 Å². The predicted molar refractivity (Wildman–Crippen MR) is 94.5 cm³/mol. The Morgan fingerprint density at radius 1 is 1.30 bits per heavy atom. The van der Waals surface area contributed by atoms with Gasteiger partial charge in [-0.25, -0.2) is 4.52 Å². The molecule has 0 atom stereocenters. The molecule has 1 N–H and O–H groups in total. The molecule has 0 aliphatic carbocycles. The molecule has 1 amide bonds. The van der Waals surface area contributed by atoms with Crippen molar-refractivity contribution in [3.63, 3.8) is 0 Å². The topological polar surface area (TPSA) is 59.3 Å². The van der Waals surface area contributed by atoms with Crippen LogP contribution in [0.25, 0.3) is 11.0 Å². The molecule has 118 valence electrons. The van der Waals surface area contributed by atoms with Crippen molar-refractivity contribution in [3.05, 3.63) is 50.5 Å². The number of fused-ring (bicyclic) bond motifs is 1. The Morgan fingerprint density at radius 2 is 2.09 bits per heavy atom. The highest BCUT2D eigenvalue weighted by atomic mass is 35.5. The lowest BCUT2D eigenvalue weighted by atomic mass is 10.2. The molecule has 2 aromatic heterocycles. The van der Waals surface area contributed by atoms with Gasteiger partial charge in [0.1, 0.15) is 0 Å². The molecule has 0 spiro atoms. The highest BCUT2D eigenvalue weighted by Crippen LogP contribution is 2.23. The molecule has 8 heteroatoms. The second kappa shape index (κ2) is 6.31. The molecule has 0 bridgehead atoms.